The zero-order valence-corrected chi connectivity index (χ0v) is 19.3. The second-order valence-corrected chi connectivity index (χ2v) is 8.93. The lowest BCUT2D eigenvalue weighted by molar-refractivity contribution is -0.142. The molecular weight excluding hydrogens is 414 g/mol. The molecule has 0 bridgehead atoms. The maximum absolute atomic E-state index is 13.1. The van der Waals surface area contributed by atoms with E-state index in [1.165, 1.54) is 0 Å². The minimum Gasteiger partial charge on any atom is -0.491 e. The number of carbonyl (C=O) groups is 2. The molecule has 6 heteroatoms. The lowest BCUT2D eigenvalue weighted by Gasteiger charge is -2.36. The van der Waals surface area contributed by atoms with Crippen molar-refractivity contribution >= 4 is 22.7 Å². The molecule has 1 N–H and O–H groups in total. The van der Waals surface area contributed by atoms with Gasteiger partial charge in [-0.3, -0.25) is 14.6 Å². The quantitative estimate of drug-likeness (QED) is 0.530. The summed E-state index contributed by atoms with van der Waals surface area (Å²) in [7, 11) is 0. The molecule has 1 aliphatic heterocycles. The number of pyridine rings is 1. The van der Waals surface area contributed by atoms with Gasteiger partial charge in [-0.2, -0.15) is 0 Å². The van der Waals surface area contributed by atoms with Gasteiger partial charge in [-0.05, 0) is 35.6 Å². The van der Waals surface area contributed by atoms with Crippen molar-refractivity contribution in [2.24, 2.45) is 5.92 Å². The van der Waals surface area contributed by atoms with Gasteiger partial charge in [0.2, 0.25) is 11.8 Å². The average Bonchev–Trinajstić information content (AvgIpc) is 2.82. The maximum atomic E-state index is 13.1. The molecule has 1 aromatic heterocycles. The second kappa shape index (κ2) is 10.5. The van der Waals surface area contributed by atoms with Crippen LogP contribution < -0.4 is 10.1 Å². The van der Waals surface area contributed by atoms with Crippen molar-refractivity contribution in [2.75, 3.05) is 13.2 Å². The number of para-hydroxylation sites is 1. The number of fused-ring (bicyclic) bond motifs is 2. The van der Waals surface area contributed by atoms with Crippen molar-refractivity contribution in [1.82, 2.24) is 15.2 Å². The molecule has 2 amide bonds. The zero-order chi connectivity index (χ0) is 23.2. The predicted molar refractivity (Wildman–Crippen MR) is 129 cm³/mol. The summed E-state index contributed by atoms with van der Waals surface area (Å²) in [4.78, 5) is 32.1. The van der Waals surface area contributed by atoms with Crippen LogP contribution in [0.1, 0.15) is 37.8 Å². The van der Waals surface area contributed by atoms with Crippen LogP contribution in [0.25, 0.3) is 10.9 Å². The third kappa shape index (κ3) is 5.51. The fourth-order valence-corrected chi connectivity index (χ4v) is 4.26. The Labute approximate surface area is 195 Å². The van der Waals surface area contributed by atoms with Crippen molar-refractivity contribution in [3.05, 3.63) is 71.9 Å². The monoisotopic (exact) mass is 445 g/mol. The highest BCUT2D eigenvalue weighted by Gasteiger charge is 2.34. The molecule has 0 spiro atoms. The van der Waals surface area contributed by atoms with E-state index >= 15 is 0 Å². The van der Waals surface area contributed by atoms with E-state index in [0.29, 0.717) is 39.0 Å². The van der Waals surface area contributed by atoms with Crippen LogP contribution in [0.2, 0.25) is 0 Å². The summed E-state index contributed by atoms with van der Waals surface area (Å²) >= 11 is 0. The SMILES string of the molecule is CC(C)CC(=O)N1Cc2ccccc2CC1C(=O)NCCCOc1cccc2cccnc12. The minimum atomic E-state index is -0.477. The fourth-order valence-electron chi connectivity index (χ4n) is 4.26. The Morgan fingerprint density at radius 3 is 2.70 bits per heavy atom. The molecule has 1 unspecified atom stereocenters. The molecule has 0 saturated heterocycles. The first-order valence-corrected chi connectivity index (χ1v) is 11.6. The van der Waals surface area contributed by atoms with E-state index in [2.05, 4.69) is 10.3 Å². The molecule has 1 aliphatic rings. The van der Waals surface area contributed by atoms with Gasteiger partial charge in [0.05, 0.1) is 6.61 Å². The first-order valence-electron chi connectivity index (χ1n) is 11.6. The average molecular weight is 446 g/mol. The summed E-state index contributed by atoms with van der Waals surface area (Å²) in [6.07, 6.45) is 3.41. The molecule has 4 rings (SSSR count). The summed E-state index contributed by atoms with van der Waals surface area (Å²) in [5.74, 6) is 0.924. The molecule has 0 saturated carbocycles. The number of aromatic nitrogens is 1. The van der Waals surface area contributed by atoms with Gasteiger partial charge in [-0.15, -0.1) is 0 Å². The van der Waals surface area contributed by atoms with E-state index in [4.69, 9.17) is 4.74 Å². The number of ether oxygens (including phenoxy) is 1. The Bertz CT molecular complexity index is 1120. The Kier molecular flexibility index (Phi) is 7.23. The van der Waals surface area contributed by atoms with E-state index in [-0.39, 0.29) is 17.7 Å². The number of nitrogens with one attached hydrogen (secondary N) is 1. The van der Waals surface area contributed by atoms with Crippen LogP contribution in [0, 0.1) is 5.92 Å². The minimum absolute atomic E-state index is 0.0337. The predicted octanol–water partition coefficient (Wildman–Crippen LogP) is 4.12. The van der Waals surface area contributed by atoms with Gasteiger partial charge >= 0.3 is 0 Å². The number of benzene rings is 2. The van der Waals surface area contributed by atoms with Crippen molar-refractivity contribution in [2.45, 2.75) is 45.7 Å². The molecule has 2 aromatic carbocycles. The third-order valence-corrected chi connectivity index (χ3v) is 5.93. The summed E-state index contributed by atoms with van der Waals surface area (Å²) in [6.45, 7) is 5.49. The third-order valence-electron chi connectivity index (χ3n) is 5.93. The lowest BCUT2D eigenvalue weighted by atomic mass is 9.92. The Hall–Kier alpha value is -3.41. The van der Waals surface area contributed by atoms with Crippen LogP contribution >= 0.6 is 0 Å². The summed E-state index contributed by atoms with van der Waals surface area (Å²) < 4.78 is 5.92. The highest BCUT2D eigenvalue weighted by molar-refractivity contribution is 5.88. The van der Waals surface area contributed by atoms with Gasteiger partial charge in [0.1, 0.15) is 17.3 Å². The molecule has 6 nitrogen and oxygen atoms in total. The van der Waals surface area contributed by atoms with Crippen LogP contribution in [-0.2, 0) is 22.6 Å². The highest BCUT2D eigenvalue weighted by Crippen LogP contribution is 2.25. The Balaban J connectivity index is 1.33. The molecular formula is C27H31N3O3. The summed E-state index contributed by atoms with van der Waals surface area (Å²) in [6, 6.07) is 17.3. The van der Waals surface area contributed by atoms with Crippen LogP contribution in [0.15, 0.2) is 60.8 Å². The molecule has 2 heterocycles. The van der Waals surface area contributed by atoms with E-state index in [1.807, 2.05) is 68.4 Å². The van der Waals surface area contributed by atoms with Gasteiger partial charge < -0.3 is 15.0 Å². The van der Waals surface area contributed by atoms with Crippen molar-refractivity contribution < 1.29 is 14.3 Å². The number of carbonyl (C=O) groups excluding carboxylic acids is 2. The van der Waals surface area contributed by atoms with Gasteiger partial charge in [0, 0.05) is 37.5 Å². The molecule has 3 aromatic rings. The van der Waals surface area contributed by atoms with Gasteiger partial charge in [0.25, 0.3) is 0 Å². The second-order valence-electron chi connectivity index (χ2n) is 8.93. The van der Waals surface area contributed by atoms with Crippen LogP contribution in [-0.4, -0.2) is 40.9 Å². The summed E-state index contributed by atoms with van der Waals surface area (Å²) in [5, 5.41) is 4.05. The van der Waals surface area contributed by atoms with Gasteiger partial charge in [-0.1, -0.05) is 56.3 Å². The number of hydrogen-bond donors (Lipinski definition) is 1. The fraction of sp³-hybridized carbons (Fsp3) is 0.370. The number of hydrogen-bond acceptors (Lipinski definition) is 4. The van der Waals surface area contributed by atoms with E-state index in [1.54, 1.807) is 11.1 Å². The van der Waals surface area contributed by atoms with Crippen LogP contribution in [0.3, 0.4) is 0 Å². The smallest absolute Gasteiger partial charge is 0.243 e. The molecule has 33 heavy (non-hydrogen) atoms. The maximum Gasteiger partial charge on any atom is 0.243 e. The normalized spacial score (nSPS) is 15.4. The molecule has 0 aliphatic carbocycles. The van der Waals surface area contributed by atoms with E-state index < -0.39 is 6.04 Å². The number of amides is 2. The number of rotatable bonds is 8. The molecule has 1 atom stereocenters. The highest BCUT2D eigenvalue weighted by atomic mass is 16.5. The van der Waals surface area contributed by atoms with Gasteiger partial charge in [-0.25, -0.2) is 0 Å². The zero-order valence-electron chi connectivity index (χ0n) is 19.3. The Morgan fingerprint density at radius 1 is 1.09 bits per heavy atom. The topological polar surface area (TPSA) is 71.5 Å². The first kappa shape index (κ1) is 22.8. The number of nitrogens with zero attached hydrogens (tertiary/aromatic N) is 2. The van der Waals surface area contributed by atoms with Gasteiger partial charge in [0.15, 0.2) is 0 Å². The van der Waals surface area contributed by atoms with E-state index in [0.717, 1.165) is 27.8 Å². The first-order chi connectivity index (χ1) is 16.0. The van der Waals surface area contributed by atoms with Crippen LogP contribution in [0.5, 0.6) is 5.75 Å². The standard InChI is InChI=1S/C27H31N3O3/c1-19(2)16-25(31)30-18-22-9-4-3-8-21(22)17-23(30)27(32)29-14-7-15-33-24-12-5-10-20-11-6-13-28-26(20)24/h3-6,8-13,19,23H,7,14-18H2,1-2H3,(H,29,32). The van der Waals surface area contributed by atoms with Crippen molar-refractivity contribution in [3.8, 4) is 5.75 Å². The van der Waals surface area contributed by atoms with E-state index in [9.17, 15) is 9.59 Å². The van der Waals surface area contributed by atoms with Crippen molar-refractivity contribution in [3.63, 3.8) is 0 Å². The lowest BCUT2D eigenvalue weighted by Crippen LogP contribution is -2.53. The van der Waals surface area contributed by atoms with Crippen molar-refractivity contribution in [1.29, 1.82) is 0 Å². The largest absolute Gasteiger partial charge is 0.491 e. The molecule has 0 fully saturated rings. The Morgan fingerprint density at radius 2 is 1.88 bits per heavy atom. The summed E-state index contributed by atoms with van der Waals surface area (Å²) in [5.41, 5.74) is 3.10. The molecule has 0 radical (unpaired) electrons. The van der Waals surface area contributed by atoms with Crippen LogP contribution in [0.4, 0.5) is 0 Å². The molecule has 172 valence electrons.